The van der Waals surface area contributed by atoms with Gasteiger partial charge >= 0.3 is 0 Å². The third-order valence-electron chi connectivity index (χ3n) is 5.07. The van der Waals surface area contributed by atoms with E-state index in [9.17, 15) is 9.59 Å². The Morgan fingerprint density at radius 3 is 2.46 bits per heavy atom. The first kappa shape index (κ1) is 17.7. The molecule has 1 aliphatic rings. The molecule has 4 rings (SSSR count). The highest BCUT2D eigenvalue weighted by Gasteiger charge is 2.25. The van der Waals surface area contributed by atoms with E-state index in [4.69, 9.17) is 5.26 Å². The predicted octanol–water partition coefficient (Wildman–Crippen LogP) is 1.77. The fourth-order valence-corrected chi connectivity index (χ4v) is 3.55. The van der Waals surface area contributed by atoms with E-state index in [0.29, 0.717) is 48.2 Å². The van der Waals surface area contributed by atoms with Crippen LogP contribution in [0.4, 0.5) is 5.69 Å². The van der Waals surface area contributed by atoms with Gasteiger partial charge in [-0.3, -0.25) is 9.59 Å². The lowest BCUT2D eigenvalue weighted by molar-refractivity contribution is 0.0740. The van der Waals surface area contributed by atoms with Gasteiger partial charge in [-0.1, -0.05) is 24.3 Å². The van der Waals surface area contributed by atoms with E-state index in [-0.39, 0.29) is 11.5 Å². The molecule has 7 heteroatoms. The lowest BCUT2D eigenvalue weighted by Gasteiger charge is -2.36. The number of carbonyl (C=O) groups excluding carboxylic acids is 1. The summed E-state index contributed by atoms with van der Waals surface area (Å²) in [5.74, 6) is -0.169. The molecule has 1 amide bonds. The van der Waals surface area contributed by atoms with E-state index in [2.05, 4.69) is 16.1 Å². The van der Waals surface area contributed by atoms with Crippen LogP contribution in [0, 0.1) is 11.3 Å². The normalized spacial score (nSPS) is 14.1. The molecule has 1 aliphatic heterocycles. The number of benzene rings is 2. The molecule has 0 N–H and O–H groups in total. The molecule has 1 saturated heterocycles. The van der Waals surface area contributed by atoms with Gasteiger partial charge in [0.1, 0.15) is 0 Å². The fraction of sp³-hybridized carbons (Fsp3) is 0.238. The maximum Gasteiger partial charge on any atom is 0.275 e. The predicted molar refractivity (Wildman–Crippen MR) is 106 cm³/mol. The number of aryl methyl sites for hydroxylation is 1. The van der Waals surface area contributed by atoms with E-state index < -0.39 is 0 Å². The Kier molecular flexibility index (Phi) is 4.53. The molecule has 28 heavy (non-hydrogen) atoms. The number of amides is 1. The zero-order chi connectivity index (χ0) is 19.7. The van der Waals surface area contributed by atoms with Crippen LogP contribution in [0.5, 0.6) is 0 Å². The Balaban J connectivity index is 1.57. The molecule has 2 aromatic carbocycles. The van der Waals surface area contributed by atoms with E-state index >= 15 is 0 Å². The van der Waals surface area contributed by atoms with Crippen LogP contribution in [0.1, 0.15) is 16.1 Å². The molecule has 1 fully saturated rings. The number of piperazine rings is 1. The average Bonchev–Trinajstić information content (AvgIpc) is 2.76. The largest absolute Gasteiger partial charge is 0.368 e. The van der Waals surface area contributed by atoms with Crippen LogP contribution in [-0.2, 0) is 7.05 Å². The molecule has 0 unspecified atom stereocenters. The molecule has 0 atom stereocenters. The van der Waals surface area contributed by atoms with Gasteiger partial charge in [-0.25, -0.2) is 4.68 Å². The van der Waals surface area contributed by atoms with Crippen molar-refractivity contribution in [2.24, 2.45) is 7.05 Å². The van der Waals surface area contributed by atoms with E-state index in [1.807, 2.05) is 18.2 Å². The highest BCUT2D eigenvalue weighted by atomic mass is 16.2. The summed E-state index contributed by atoms with van der Waals surface area (Å²) in [4.78, 5) is 29.3. The lowest BCUT2D eigenvalue weighted by atomic mass is 10.1. The molecule has 0 aliphatic carbocycles. The molecule has 1 aromatic heterocycles. The number of fused-ring (bicyclic) bond motifs is 1. The summed E-state index contributed by atoms with van der Waals surface area (Å²) in [5, 5.41) is 14.4. The molecule has 3 aromatic rings. The Hall–Kier alpha value is -3.66. The first-order valence-corrected chi connectivity index (χ1v) is 9.09. The van der Waals surface area contributed by atoms with E-state index in [0.717, 1.165) is 5.69 Å². The highest BCUT2D eigenvalue weighted by Crippen LogP contribution is 2.20. The zero-order valence-corrected chi connectivity index (χ0v) is 15.5. The number of aromatic nitrogens is 2. The standard InChI is InChI=1S/C21H19N5O2/c1-24-20(27)18-8-3-2-7-17(18)19(23-24)21(28)26-11-9-25(10-12-26)16-6-4-5-15(13-16)14-22/h2-8,13H,9-12H2,1H3. The fourth-order valence-electron chi connectivity index (χ4n) is 3.55. The quantitative estimate of drug-likeness (QED) is 0.684. The van der Waals surface area contributed by atoms with E-state index in [1.165, 1.54) is 4.68 Å². The van der Waals surface area contributed by atoms with Crippen molar-refractivity contribution in [1.29, 1.82) is 5.26 Å². The van der Waals surface area contributed by atoms with Crippen LogP contribution < -0.4 is 10.5 Å². The number of carbonyl (C=O) groups is 1. The van der Waals surface area contributed by atoms with Crippen molar-refractivity contribution in [3.63, 3.8) is 0 Å². The van der Waals surface area contributed by atoms with Gasteiger partial charge in [0, 0.05) is 44.3 Å². The van der Waals surface area contributed by atoms with Crippen molar-refractivity contribution in [2.75, 3.05) is 31.1 Å². The lowest BCUT2D eigenvalue weighted by Crippen LogP contribution is -2.49. The molecule has 2 heterocycles. The first-order valence-electron chi connectivity index (χ1n) is 9.09. The maximum atomic E-state index is 13.1. The monoisotopic (exact) mass is 373 g/mol. The molecule has 0 bridgehead atoms. The van der Waals surface area contributed by atoms with Crippen LogP contribution in [0.25, 0.3) is 10.8 Å². The summed E-state index contributed by atoms with van der Waals surface area (Å²) in [6.45, 7) is 2.44. The number of nitrogens with zero attached hydrogens (tertiary/aromatic N) is 5. The molecule has 0 spiro atoms. The summed E-state index contributed by atoms with van der Waals surface area (Å²) in [5.41, 5.74) is 1.70. The summed E-state index contributed by atoms with van der Waals surface area (Å²) < 4.78 is 1.22. The van der Waals surface area contributed by atoms with Gasteiger partial charge in [-0.05, 0) is 24.3 Å². The summed E-state index contributed by atoms with van der Waals surface area (Å²) in [6.07, 6.45) is 0. The Morgan fingerprint density at radius 1 is 1.04 bits per heavy atom. The van der Waals surface area contributed by atoms with Gasteiger partial charge in [0.15, 0.2) is 5.69 Å². The third kappa shape index (κ3) is 3.09. The van der Waals surface area contributed by atoms with Crippen LogP contribution in [0.2, 0.25) is 0 Å². The number of hydrogen-bond acceptors (Lipinski definition) is 5. The van der Waals surface area contributed by atoms with Gasteiger partial charge in [-0.15, -0.1) is 0 Å². The van der Waals surface area contributed by atoms with Crippen LogP contribution in [-0.4, -0.2) is 46.8 Å². The number of hydrogen-bond donors (Lipinski definition) is 0. The average molecular weight is 373 g/mol. The minimum atomic E-state index is -0.214. The first-order chi connectivity index (χ1) is 13.6. The molecule has 0 radical (unpaired) electrons. The van der Waals surface area contributed by atoms with Crippen molar-refractivity contribution in [3.05, 3.63) is 70.1 Å². The number of anilines is 1. The smallest absolute Gasteiger partial charge is 0.275 e. The van der Waals surface area contributed by atoms with Crippen molar-refractivity contribution >= 4 is 22.4 Å². The van der Waals surface area contributed by atoms with Crippen LogP contribution in [0.15, 0.2) is 53.3 Å². The van der Waals surface area contributed by atoms with Gasteiger partial charge in [0.05, 0.1) is 17.0 Å². The maximum absolute atomic E-state index is 13.1. The number of rotatable bonds is 2. The summed E-state index contributed by atoms with van der Waals surface area (Å²) in [7, 11) is 1.56. The van der Waals surface area contributed by atoms with Crippen LogP contribution in [0.3, 0.4) is 0 Å². The van der Waals surface area contributed by atoms with E-state index in [1.54, 1.807) is 42.3 Å². The summed E-state index contributed by atoms with van der Waals surface area (Å²) in [6, 6.07) is 16.7. The minimum absolute atomic E-state index is 0.169. The second-order valence-electron chi connectivity index (χ2n) is 6.76. The molecule has 7 nitrogen and oxygen atoms in total. The Bertz CT molecular complexity index is 1150. The van der Waals surface area contributed by atoms with Crippen LogP contribution >= 0.6 is 0 Å². The molecule has 140 valence electrons. The van der Waals surface area contributed by atoms with Gasteiger partial charge in [0.2, 0.25) is 0 Å². The number of nitriles is 1. The van der Waals surface area contributed by atoms with Crippen molar-refractivity contribution in [1.82, 2.24) is 14.7 Å². The summed E-state index contributed by atoms with van der Waals surface area (Å²) >= 11 is 0. The molecular formula is C21H19N5O2. The van der Waals surface area contributed by atoms with Gasteiger partial charge in [-0.2, -0.15) is 10.4 Å². The Labute approximate surface area is 162 Å². The molecule has 0 saturated carbocycles. The molecular weight excluding hydrogens is 354 g/mol. The van der Waals surface area contributed by atoms with Crippen molar-refractivity contribution < 1.29 is 4.79 Å². The third-order valence-corrected chi connectivity index (χ3v) is 5.07. The topological polar surface area (TPSA) is 82.2 Å². The minimum Gasteiger partial charge on any atom is -0.368 e. The van der Waals surface area contributed by atoms with Gasteiger partial charge < -0.3 is 9.80 Å². The zero-order valence-electron chi connectivity index (χ0n) is 15.5. The van der Waals surface area contributed by atoms with Crippen molar-refractivity contribution in [3.8, 4) is 6.07 Å². The second kappa shape index (κ2) is 7.16. The second-order valence-corrected chi connectivity index (χ2v) is 6.76. The van der Waals surface area contributed by atoms with Gasteiger partial charge in [0.25, 0.3) is 11.5 Å². The SMILES string of the molecule is Cn1nc(C(=O)N2CCN(c3cccc(C#N)c3)CC2)c2ccccc2c1=O. The van der Waals surface area contributed by atoms with Crippen molar-refractivity contribution in [2.45, 2.75) is 0 Å². The highest BCUT2D eigenvalue weighted by molar-refractivity contribution is 6.04. The Morgan fingerprint density at radius 2 is 1.75 bits per heavy atom.